The van der Waals surface area contributed by atoms with Crippen molar-refractivity contribution in [2.75, 3.05) is 17.2 Å². The summed E-state index contributed by atoms with van der Waals surface area (Å²) in [7, 11) is 2.01. The van der Waals surface area contributed by atoms with E-state index in [4.69, 9.17) is 11.6 Å². The number of anilines is 2. The van der Waals surface area contributed by atoms with Crippen LogP contribution in [-0.2, 0) is 5.44 Å². The van der Waals surface area contributed by atoms with Crippen molar-refractivity contribution in [2.45, 2.75) is 43.7 Å². The Bertz CT molecular complexity index is 1420. The second-order valence-electron chi connectivity index (χ2n) is 10.4. The summed E-state index contributed by atoms with van der Waals surface area (Å²) >= 11 is 6.70. The van der Waals surface area contributed by atoms with Crippen LogP contribution in [0.2, 0.25) is 5.02 Å². The Morgan fingerprint density at radius 3 is 2.65 bits per heavy atom. The van der Waals surface area contributed by atoms with Crippen molar-refractivity contribution in [1.29, 1.82) is 5.26 Å². The Balaban J connectivity index is 1.62. The number of hydrazine groups is 2. The molecule has 2 aromatic carbocycles. The predicted molar refractivity (Wildman–Crippen MR) is 146 cm³/mol. The van der Waals surface area contributed by atoms with Crippen molar-refractivity contribution in [2.24, 2.45) is 0 Å². The van der Waals surface area contributed by atoms with Gasteiger partial charge in [-0.25, -0.2) is 4.39 Å². The van der Waals surface area contributed by atoms with E-state index in [0.717, 1.165) is 24.1 Å². The minimum absolute atomic E-state index is 0.139. The van der Waals surface area contributed by atoms with Crippen LogP contribution in [0.25, 0.3) is 10.9 Å². The zero-order chi connectivity index (χ0) is 26.4. The van der Waals surface area contributed by atoms with Crippen molar-refractivity contribution in [3.8, 4) is 6.07 Å². The molecule has 8 nitrogen and oxygen atoms in total. The first kappa shape index (κ1) is 25.1. The van der Waals surface area contributed by atoms with E-state index in [-0.39, 0.29) is 12.4 Å². The number of nitrogens with zero attached hydrogens (tertiary/aromatic N) is 3. The van der Waals surface area contributed by atoms with E-state index in [1.54, 1.807) is 18.2 Å². The molecule has 37 heavy (non-hydrogen) atoms. The van der Waals surface area contributed by atoms with Gasteiger partial charge in [0.15, 0.2) is 0 Å². The quantitative estimate of drug-likeness (QED) is 0.289. The van der Waals surface area contributed by atoms with E-state index in [9.17, 15) is 14.8 Å². The zero-order valence-electron chi connectivity index (χ0n) is 20.9. The Hall–Kier alpha value is -3.52. The van der Waals surface area contributed by atoms with Gasteiger partial charge in [-0.05, 0) is 56.5 Å². The van der Waals surface area contributed by atoms with Crippen molar-refractivity contribution in [1.82, 2.24) is 21.0 Å². The molecule has 0 amide bonds. The predicted octanol–water partition coefficient (Wildman–Crippen LogP) is 3.31. The number of aliphatic hydroxyl groups is 1. The normalized spacial score (nSPS) is 17.1. The van der Waals surface area contributed by atoms with E-state index >= 15 is 0 Å². The molecule has 3 aromatic rings. The second-order valence-corrected chi connectivity index (χ2v) is 10.8. The number of hydrogen-bond donors (Lipinski definition) is 5. The molecule has 0 radical (unpaired) electrons. The molecule has 11 heteroatoms. The lowest BCUT2D eigenvalue weighted by Crippen LogP contribution is -2.45. The summed E-state index contributed by atoms with van der Waals surface area (Å²) in [5.41, 5.74) is 8.79. The lowest BCUT2D eigenvalue weighted by molar-refractivity contribution is 0.234. The third kappa shape index (κ3) is 4.90. The number of benzene rings is 2. The lowest BCUT2D eigenvalue weighted by Gasteiger charge is -2.34. The molecule has 1 unspecified atom stereocenters. The van der Waals surface area contributed by atoms with Crippen LogP contribution in [0.1, 0.15) is 37.8 Å². The van der Waals surface area contributed by atoms with Crippen LogP contribution in [0.4, 0.5) is 15.8 Å². The zero-order valence-corrected chi connectivity index (χ0v) is 21.6. The van der Waals surface area contributed by atoms with E-state index in [1.165, 1.54) is 18.3 Å². The summed E-state index contributed by atoms with van der Waals surface area (Å²) in [5.74, 6) is -0.316. The molecule has 0 spiro atoms. The van der Waals surface area contributed by atoms with Gasteiger partial charge in [-0.2, -0.15) is 5.26 Å². The summed E-state index contributed by atoms with van der Waals surface area (Å²) in [6, 6.07) is 12.7. The number of rotatable bonds is 8. The Morgan fingerprint density at radius 2 is 2.00 bits per heavy atom. The Kier molecular flexibility index (Phi) is 6.40. The number of nitrogens with one attached hydrogen (secondary N) is 4. The molecule has 1 aliphatic heterocycles. The molecule has 5 rings (SSSR count). The molecular formula is C26H28BClFN7O. The lowest BCUT2D eigenvalue weighted by atomic mass is 9.69. The Morgan fingerprint density at radius 1 is 1.27 bits per heavy atom. The van der Waals surface area contributed by atoms with Crippen molar-refractivity contribution in [3.63, 3.8) is 0 Å². The van der Waals surface area contributed by atoms with Crippen LogP contribution < -0.4 is 21.6 Å². The van der Waals surface area contributed by atoms with Gasteiger partial charge in [-0.3, -0.25) is 9.99 Å². The largest absolute Gasteiger partial charge is 0.394 e. The molecule has 1 atom stereocenters. The molecule has 2 aliphatic rings. The molecule has 5 N–H and O–H groups in total. The van der Waals surface area contributed by atoms with Crippen LogP contribution in [0.3, 0.4) is 0 Å². The van der Waals surface area contributed by atoms with Gasteiger partial charge in [0.1, 0.15) is 19.7 Å². The van der Waals surface area contributed by atoms with Gasteiger partial charge in [0, 0.05) is 29.5 Å². The topological polar surface area (TPSA) is 108 Å². The van der Waals surface area contributed by atoms with E-state index < -0.39 is 11.0 Å². The number of pyridine rings is 1. The fraction of sp³-hybridized carbons (Fsp3) is 0.308. The first-order valence-electron chi connectivity index (χ1n) is 12.1. The SMILES string of the molecule is BC(Nc1cc(Cl)c2ncc(C#N)c(NC(C)(C)CO)c2c1)(C1=CN(C2CC2)NN1)c1ccc(F)cc1. The summed E-state index contributed by atoms with van der Waals surface area (Å²) in [6.07, 6.45) is 5.75. The molecule has 1 saturated carbocycles. The monoisotopic (exact) mass is 519 g/mol. The van der Waals surface area contributed by atoms with Gasteiger partial charge < -0.3 is 21.2 Å². The van der Waals surface area contributed by atoms with Crippen LogP contribution in [-0.4, -0.2) is 41.1 Å². The highest BCUT2D eigenvalue weighted by atomic mass is 35.5. The molecule has 1 fully saturated rings. The summed E-state index contributed by atoms with van der Waals surface area (Å²) < 4.78 is 13.8. The number of halogens is 2. The van der Waals surface area contributed by atoms with Crippen LogP contribution in [0, 0.1) is 17.1 Å². The minimum Gasteiger partial charge on any atom is -0.394 e. The maximum atomic E-state index is 13.8. The minimum atomic E-state index is -0.792. The molecule has 1 aliphatic carbocycles. The average molecular weight is 520 g/mol. The number of aromatic nitrogens is 1. The average Bonchev–Trinajstić information content (AvgIpc) is 3.60. The third-order valence-electron chi connectivity index (χ3n) is 6.79. The molecule has 1 aromatic heterocycles. The first-order chi connectivity index (χ1) is 17.6. The van der Waals surface area contributed by atoms with Gasteiger partial charge in [-0.15, -0.1) is 5.53 Å². The van der Waals surface area contributed by atoms with Crippen LogP contribution in [0.15, 0.2) is 54.5 Å². The van der Waals surface area contributed by atoms with Crippen LogP contribution in [0.5, 0.6) is 0 Å². The highest BCUT2D eigenvalue weighted by Gasteiger charge is 2.38. The van der Waals surface area contributed by atoms with Crippen LogP contribution >= 0.6 is 11.6 Å². The van der Waals surface area contributed by atoms with Gasteiger partial charge in [0.25, 0.3) is 0 Å². The first-order valence-corrected chi connectivity index (χ1v) is 12.5. The molecule has 0 saturated heterocycles. The van der Waals surface area contributed by atoms with Crippen molar-refractivity contribution >= 4 is 41.7 Å². The van der Waals surface area contributed by atoms with Gasteiger partial charge in [-0.1, -0.05) is 23.7 Å². The highest BCUT2D eigenvalue weighted by molar-refractivity contribution is 6.36. The number of fused-ring (bicyclic) bond motifs is 1. The highest BCUT2D eigenvalue weighted by Crippen LogP contribution is 2.38. The molecular weight excluding hydrogens is 492 g/mol. The maximum absolute atomic E-state index is 13.8. The second kappa shape index (κ2) is 9.41. The number of hydrogen-bond acceptors (Lipinski definition) is 8. The van der Waals surface area contributed by atoms with Gasteiger partial charge in [0.2, 0.25) is 0 Å². The summed E-state index contributed by atoms with van der Waals surface area (Å²) in [4.78, 5) is 4.42. The van der Waals surface area contributed by atoms with E-state index in [1.807, 2.05) is 39.0 Å². The fourth-order valence-electron chi connectivity index (χ4n) is 4.43. The molecule has 2 heterocycles. The van der Waals surface area contributed by atoms with Crippen molar-refractivity contribution in [3.05, 3.63) is 76.5 Å². The third-order valence-corrected chi connectivity index (χ3v) is 7.07. The van der Waals surface area contributed by atoms with Gasteiger partial charge >= 0.3 is 0 Å². The Labute approximate surface area is 220 Å². The molecule has 190 valence electrons. The van der Waals surface area contributed by atoms with E-state index in [2.05, 4.69) is 32.6 Å². The molecule has 0 bridgehead atoms. The summed E-state index contributed by atoms with van der Waals surface area (Å²) in [6.45, 7) is 3.54. The maximum Gasteiger partial charge on any atom is 0.148 e. The fourth-order valence-corrected chi connectivity index (χ4v) is 4.70. The standard InChI is InChI=1S/C26H28BClFN7O/c1-25(2,14-37)33-23-15(11-30)12-31-24-20(23)9-18(10-21(24)28)32-26(27,16-3-5-17(29)6-4-16)22-13-36(35-34-22)19-7-8-19/h3-6,9-10,12-13,19,32,34-35,37H,7-8,14,27H2,1-2H3,(H,31,33). The van der Waals surface area contributed by atoms with Crippen molar-refractivity contribution < 1.29 is 9.50 Å². The van der Waals surface area contributed by atoms with E-state index in [0.29, 0.717) is 38.9 Å². The number of aliphatic hydroxyl groups excluding tert-OH is 1. The summed E-state index contributed by atoms with van der Waals surface area (Å²) in [5, 5.41) is 29.6. The smallest absolute Gasteiger partial charge is 0.148 e. The van der Waals surface area contributed by atoms with Gasteiger partial charge in [0.05, 0.1) is 45.1 Å². The number of nitriles is 1.